The van der Waals surface area contributed by atoms with Crippen LogP contribution in [-0.4, -0.2) is 67.8 Å². The number of para-hydroxylation sites is 1. The van der Waals surface area contributed by atoms with E-state index in [-0.39, 0.29) is 24.0 Å². The van der Waals surface area contributed by atoms with Gasteiger partial charge in [-0.15, -0.1) is 0 Å². The maximum absolute atomic E-state index is 12.4. The zero-order valence-corrected chi connectivity index (χ0v) is 21.2. The molecule has 3 aromatic rings. The molecule has 12 nitrogen and oxygen atoms in total. The highest BCUT2D eigenvalue weighted by Gasteiger charge is 2.29. The van der Waals surface area contributed by atoms with E-state index in [1.807, 2.05) is 43.4 Å². The van der Waals surface area contributed by atoms with E-state index in [9.17, 15) is 19.5 Å². The molecule has 4 atom stereocenters. The lowest BCUT2D eigenvalue weighted by Gasteiger charge is -2.31. The van der Waals surface area contributed by atoms with Crippen LogP contribution in [-0.2, 0) is 4.79 Å². The van der Waals surface area contributed by atoms with E-state index in [0.29, 0.717) is 23.3 Å². The highest BCUT2D eigenvalue weighted by molar-refractivity contribution is 6.01. The Kier molecular flexibility index (Phi) is 6.89. The Morgan fingerprint density at radius 3 is 2.71 bits per heavy atom. The second-order valence-corrected chi connectivity index (χ2v) is 9.93. The van der Waals surface area contributed by atoms with Crippen LogP contribution in [0.5, 0.6) is 0 Å². The number of carbonyl (C=O) groups excluding carboxylic acids is 2. The number of hydrogen-bond acceptors (Lipinski definition) is 7. The van der Waals surface area contributed by atoms with Crippen molar-refractivity contribution in [1.29, 1.82) is 0 Å². The largest absolute Gasteiger partial charge is 0.465 e. The fourth-order valence-corrected chi connectivity index (χ4v) is 5.30. The first-order chi connectivity index (χ1) is 18.2. The number of carboxylic acid groups (broad SMARTS) is 1. The number of nitrogens with one attached hydrogen (secondary N) is 5. The molecule has 5 rings (SSSR count). The predicted molar refractivity (Wildman–Crippen MR) is 140 cm³/mol. The molecule has 7 N–H and O–H groups in total. The number of aliphatic hydroxyl groups excluding tert-OH is 1. The number of carbonyl (C=O) groups is 3. The minimum atomic E-state index is -1.37. The van der Waals surface area contributed by atoms with Gasteiger partial charge < -0.3 is 36.5 Å². The van der Waals surface area contributed by atoms with Crippen LogP contribution in [0, 0.1) is 6.92 Å². The van der Waals surface area contributed by atoms with Crippen LogP contribution in [0.4, 0.5) is 10.6 Å². The molecule has 0 radical (unpaired) electrons. The third-order valence-corrected chi connectivity index (χ3v) is 7.19. The Hall–Kier alpha value is -4.19. The first-order valence-corrected chi connectivity index (χ1v) is 12.7. The van der Waals surface area contributed by atoms with Crippen molar-refractivity contribution >= 4 is 34.8 Å². The van der Waals surface area contributed by atoms with Crippen LogP contribution in [0.2, 0.25) is 0 Å². The lowest BCUT2D eigenvalue weighted by Crippen LogP contribution is -2.52. The van der Waals surface area contributed by atoms with E-state index in [2.05, 4.69) is 20.9 Å². The van der Waals surface area contributed by atoms with Gasteiger partial charge in [-0.3, -0.25) is 9.59 Å². The Balaban J connectivity index is 1.35. The van der Waals surface area contributed by atoms with E-state index in [4.69, 9.17) is 15.1 Å². The standard InChI is InChI=1S/C26H31N7O5/c1-12-21-17(24(35)28-12)10-19(31-21)16-7-4-8-18-22(16)33-23(13(2)27-18)29-14-5-3-6-15(9-14)30-25(36)20(11-34)32-26(37)38/h4,7-8,10,12,14-15,20,31-32,34H,3,5-6,9,11H2,1-2H3,(H,28,35)(H,29,33)(H,30,36)(H,37,38)/t12-,14+,15-,20-/m1/s1. The number of aromatic nitrogens is 3. The number of nitrogens with zero attached hydrogens (tertiary/aromatic N) is 2. The lowest BCUT2D eigenvalue weighted by atomic mass is 9.90. The molecule has 0 saturated heterocycles. The second-order valence-electron chi connectivity index (χ2n) is 9.93. The third kappa shape index (κ3) is 4.99. The van der Waals surface area contributed by atoms with E-state index in [0.717, 1.165) is 47.4 Å². The summed E-state index contributed by atoms with van der Waals surface area (Å²) in [6.07, 6.45) is 1.74. The Morgan fingerprint density at radius 1 is 1.18 bits per heavy atom. The van der Waals surface area contributed by atoms with Crippen molar-refractivity contribution in [2.24, 2.45) is 0 Å². The smallest absolute Gasteiger partial charge is 0.405 e. The van der Waals surface area contributed by atoms with Crippen LogP contribution in [0.3, 0.4) is 0 Å². The molecule has 0 bridgehead atoms. The molecule has 12 heteroatoms. The van der Waals surface area contributed by atoms with E-state index in [1.54, 1.807) is 0 Å². The van der Waals surface area contributed by atoms with Gasteiger partial charge in [0.05, 0.1) is 35.1 Å². The molecule has 200 valence electrons. The first-order valence-electron chi connectivity index (χ1n) is 12.7. The van der Waals surface area contributed by atoms with Gasteiger partial charge in [0, 0.05) is 23.3 Å². The third-order valence-electron chi connectivity index (χ3n) is 7.19. The molecule has 0 spiro atoms. The number of anilines is 1. The number of rotatable bonds is 7. The van der Waals surface area contributed by atoms with Crippen LogP contribution in [0.15, 0.2) is 24.3 Å². The number of benzene rings is 1. The van der Waals surface area contributed by atoms with Crippen LogP contribution < -0.4 is 21.3 Å². The number of aryl methyl sites for hydroxylation is 1. The van der Waals surface area contributed by atoms with Crippen LogP contribution in [0.25, 0.3) is 22.3 Å². The normalized spacial score (nSPS) is 21.4. The number of hydrogen-bond donors (Lipinski definition) is 7. The summed E-state index contributed by atoms with van der Waals surface area (Å²) in [5, 5.41) is 29.5. The Bertz CT molecular complexity index is 1400. The lowest BCUT2D eigenvalue weighted by molar-refractivity contribution is -0.124. The SMILES string of the molecule is Cc1nc2cccc(-c3cc4c([nH]3)[C@@H](C)NC4=O)c2nc1N[C@H]1CCC[C@@H](NC(=O)[C@@H](CO)NC(=O)O)C1. The summed E-state index contributed by atoms with van der Waals surface area (Å²) in [5.74, 6) is 0.00291. The van der Waals surface area contributed by atoms with Crippen molar-refractivity contribution in [2.45, 2.75) is 63.7 Å². The molecule has 2 aromatic heterocycles. The summed E-state index contributed by atoms with van der Waals surface area (Å²) in [6, 6.07) is 6.18. The number of fused-ring (bicyclic) bond motifs is 2. The Morgan fingerprint density at radius 2 is 1.97 bits per heavy atom. The predicted octanol–water partition coefficient (Wildman–Crippen LogP) is 2.21. The maximum Gasteiger partial charge on any atom is 0.405 e. The molecule has 1 aliphatic heterocycles. The van der Waals surface area contributed by atoms with Crippen molar-refractivity contribution in [2.75, 3.05) is 11.9 Å². The van der Waals surface area contributed by atoms with Gasteiger partial charge in [-0.1, -0.05) is 12.1 Å². The molecular weight excluding hydrogens is 490 g/mol. The minimum Gasteiger partial charge on any atom is -0.465 e. The van der Waals surface area contributed by atoms with Gasteiger partial charge in [0.15, 0.2) is 0 Å². The molecular formula is C26H31N7O5. The van der Waals surface area contributed by atoms with Crippen molar-refractivity contribution in [3.05, 3.63) is 41.2 Å². The minimum absolute atomic E-state index is 0.0190. The van der Waals surface area contributed by atoms with Crippen LogP contribution >= 0.6 is 0 Å². The van der Waals surface area contributed by atoms with Crippen molar-refractivity contribution in [3.63, 3.8) is 0 Å². The molecule has 1 saturated carbocycles. The van der Waals surface area contributed by atoms with Gasteiger partial charge in [-0.2, -0.15) is 0 Å². The van der Waals surface area contributed by atoms with Gasteiger partial charge in [0.1, 0.15) is 17.4 Å². The van der Waals surface area contributed by atoms with Crippen molar-refractivity contribution in [3.8, 4) is 11.3 Å². The highest BCUT2D eigenvalue weighted by Crippen LogP contribution is 2.33. The molecule has 3 amide bonds. The summed E-state index contributed by atoms with van der Waals surface area (Å²) >= 11 is 0. The second kappa shape index (κ2) is 10.3. The van der Waals surface area contributed by atoms with E-state index in [1.165, 1.54) is 0 Å². The number of amides is 3. The van der Waals surface area contributed by atoms with Gasteiger partial charge in [-0.05, 0) is 51.7 Å². The number of aliphatic hydroxyl groups is 1. The average Bonchev–Trinajstić information content (AvgIpc) is 3.43. The molecule has 1 aromatic carbocycles. The van der Waals surface area contributed by atoms with E-state index >= 15 is 0 Å². The molecule has 1 aliphatic carbocycles. The average molecular weight is 522 g/mol. The number of H-pyrrole nitrogens is 1. The summed E-state index contributed by atoms with van der Waals surface area (Å²) in [6.45, 7) is 3.21. The van der Waals surface area contributed by atoms with Crippen LogP contribution in [0.1, 0.15) is 60.4 Å². The molecule has 38 heavy (non-hydrogen) atoms. The van der Waals surface area contributed by atoms with Gasteiger partial charge in [0.2, 0.25) is 5.91 Å². The quantitative estimate of drug-likeness (QED) is 0.247. The Labute approximate surface area is 218 Å². The summed E-state index contributed by atoms with van der Waals surface area (Å²) < 4.78 is 0. The van der Waals surface area contributed by atoms with Crippen molar-refractivity contribution in [1.82, 2.24) is 30.9 Å². The van der Waals surface area contributed by atoms with Gasteiger partial charge in [-0.25, -0.2) is 14.8 Å². The number of aromatic amines is 1. The molecule has 3 heterocycles. The van der Waals surface area contributed by atoms with Crippen molar-refractivity contribution < 1.29 is 24.6 Å². The van der Waals surface area contributed by atoms with Gasteiger partial charge >= 0.3 is 6.09 Å². The summed E-state index contributed by atoms with van der Waals surface area (Å²) in [4.78, 5) is 48.7. The topological polar surface area (TPSA) is 181 Å². The van der Waals surface area contributed by atoms with E-state index < -0.39 is 24.6 Å². The highest BCUT2D eigenvalue weighted by atomic mass is 16.4. The van der Waals surface area contributed by atoms with Gasteiger partial charge in [0.25, 0.3) is 5.91 Å². The molecule has 1 fully saturated rings. The monoisotopic (exact) mass is 521 g/mol. The zero-order valence-electron chi connectivity index (χ0n) is 21.2. The fraction of sp³-hybridized carbons (Fsp3) is 0.423. The zero-order chi connectivity index (χ0) is 27.0. The maximum atomic E-state index is 12.4. The summed E-state index contributed by atoms with van der Waals surface area (Å²) in [7, 11) is 0. The fourth-order valence-electron chi connectivity index (χ4n) is 5.30. The molecule has 2 aliphatic rings. The first kappa shape index (κ1) is 25.5. The summed E-state index contributed by atoms with van der Waals surface area (Å²) in [5.41, 5.74) is 5.35. The molecule has 0 unspecified atom stereocenters.